The van der Waals surface area contributed by atoms with Gasteiger partial charge in [0, 0.05) is 22.7 Å². The second kappa shape index (κ2) is 7.67. The molecule has 3 aromatic carbocycles. The minimum atomic E-state index is -0.233. The van der Waals surface area contributed by atoms with E-state index < -0.39 is 0 Å². The number of nitrogens with zero attached hydrogens (tertiary/aromatic N) is 3. The van der Waals surface area contributed by atoms with Gasteiger partial charge in [0.2, 0.25) is 0 Å². The molecule has 0 aliphatic heterocycles. The lowest BCUT2D eigenvalue weighted by Crippen LogP contribution is -2.23. The molecule has 30 heavy (non-hydrogen) atoms. The van der Waals surface area contributed by atoms with Crippen LogP contribution >= 0.6 is 0 Å². The molecule has 0 radical (unpaired) electrons. The highest BCUT2D eigenvalue weighted by atomic mass is 16.5. The molecule has 0 bridgehead atoms. The van der Waals surface area contributed by atoms with Gasteiger partial charge >= 0.3 is 0 Å². The molecule has 6 heteroatoms. The lowest BCUT2D eigenvalue weighted by Gasteiger charge is -2.10. The quantitative estimate of drug-likeness (QED) is 0.451. The number of H-pyrrole nitrogens is 1. The van der Waals surface area contributed by atoms with Crippen LogP contribution in [0.4, 0.5) is 0 Å². The highest BCUT2D eigenvalue weighted by Crippen LogP contribution is 2.16. The van der Waals surface area contributed by atoms with Crippen LogP contribution in [0.15, 0.2) is 95.0 Å². The van der Waals surface area contributed by atoms with Crippen molar-refractivity contribution in [1.82, 2.24) is 14.6 Å². The molecule has 1 N–H and O–H groups in total. The van der Waals surface area contributed by atoms with Gasteiger partial charge in [0.15, 0.2) is 5.82 Å². The summed E-state index contributed by atoms with van der Waals surface area (Å²) in [5.41, 5.74) is 2.28. The zero-order valence-electron chi connectivity index (χ0n) is 16.0. The SMILES string of the molecule is O=c1c2ccccc2nc(COc2ccccc2)n1/N=C\c1c[nH]c2ccccc12. The normalized spacial score (nSPS) is 11.5. The molecular formula is C24H18N4O2. The average Bonchev–Trinajstić information content (AvgIpc) is 3.21. The Labute approximate surface area is 172 Å². The summed E-state index contributed by atoms with van der Waals surface area (Å²) in [6, 6.07) is 24.6. The van der Waals surface area contributed by atoms with Crippen molar-refractivity contribution in [2.24, 2.45) is 5.10 Å². The molecule has 0 aliphatic carbocycles. The predicted octanol–water partition coefficient (Wildman–Crippen LogP) is 4.34. The zero-order chi connectivity index (χ0) is 20.3. The monoisotopic (exact) mass is 394 g/mol. The van der Waals surface area contributed by atoms with Gasteiger partial charge in [-0.25, -0.2) is 4.98 Å². The van der Waals surface area contributed by atoms with Crippen LogP contribution in [0.3, 0.4) is 0 Å². The maximum absolute atomic E-state index is 13.1. The molecule has 0 saturated carbocycles. The highest BCUT2D eigenvalue weighted by Gasteiger charge is 2.11. The van der Waals surface area contributed by atoms with E-state index >= 15 is 0 Å². The molecule has 5 aromatic rings. The Bertz CT molecular complexity index is 1420. The molecule has 6 nitrogen and oxygen atoms in total. The number of benzene rings is 3. The van der Waals surface area contributed by atoms with Crippen molar-refractivity contribution in [2.45, 2.75) is 6.61 Å². The van der Waals surface area contributed by atoms with Crippen LogP contribution in [0, 0.1) is 0 Å². The first kappa shape index (κ1) is 17.9. The van der Waals surface area contributed by atoms with Gasteiger partial charge in [-0.1, -0.05) is 48.5 Å². The Balaban J connectivity index is 1.58. The van der Waals surface area contributed by atoms with E-state index in [1.807, 2.05) is 79.0 Å². The maximum atomic E-state index is 13.1. The fourth-order valence-corrected chi connectivity index (χ4v) is 3.37. The van der Waals surface area contributed by atoms with E-state index in [0.717, 1.165) is 16.5 Å². The average molecular weight is 394 g/mol. The number of nitrogens with one attached hydrogen (secondary N) is 1. The molecule has 0 saturated heterocycles. The Morgan fingerprint density at radius 3 is 2.53 bits per heavy atom. The number of hydrogen-bond donors (Lipinski definition) is 1. The van der Waals surface area contributed by atoms with Crippen LogP contribution in [0.25, 0.3) is 21.8 Å². The van der Waals surface area contributed by atoms with Gasteiger partial charge in [0.1, 0.15) is 12.4 Å². The smallest absolute Gasteiger partial charge is 0.282 e. The van der Waals surface area contributed by atoms with E-state index in [1.165, 1.54) is 4.68 Å². The topological polar surface area (TPSA) is 72.3 Å². The van der Waals surface area contributed by atoms with Crippen molar-refractivity contribution >= 4 is 28.0 Å². The Morgan fingerprint density at radius 2 is 1.67 bits per heavy atom. The van der Waals surface area contributed by atoms with E-state index in [9.17, 15) is 4.79 Å². The molecular weight excluding hydrogens is 376 g/mol. The number of aromatic nitrogens is 3. The van der Waals surface area contributed by atoms with Gasteiger partial charge in [0.05, 0.1) is 17.1 Å². The second-order valence-corrected chi connectivity index (χ2v) is 6.80. The fourth-order valence-electron chi connectivity index (χ4n) is 3.37. The summed E-state index contributed by atoms with van der Waals surface area (Å²) in [7, 11) is 0. The Hall–Kier alpha value is -4.19. The van der Waals surface area contributed by atoms with Crippen LogP contribution in [0.5, 0.6) is 5.75 Å². The van der Waals surface area contributed by atoms with Crippen LogP contribution in [0.1, 0.15) is 11.4 Å². The number of hydrogen-bond acceptors (Lipinski definition) is 4. The molecule has 5 rings (SSSR count). The summed E-state index contributed by atoms with van der Waals surface area (Å²) in [6.07, 6.45) is 3.54. The Morgan fingerprint density at radius 1 is 0.933 bits per heavy atom. The van der Waals surface area contributed by atoms with E-state index in [1.54, 1.807) is 12.3 Å². The van der Waals surface area contributed by atoms with Gasteiger partial charge in [-0.05, 0) is 30.3 Å². The summed E-state index contributed by atoms with van der Waals surface area (Å²) in [5, 5.41) is 6.02. The van der Waals surface area contributed by atoms with Crippen LogP contribution in [-0.2, 0) is 6.61 Å². The van der Waals surface area contributed by atoms with Crippen molar-refractivity contribution in [3.63, 3.8) is 0 Å². The predicted molar refractivity (Wildman–Crippen MR) is 118 cm³/mol. The van der Waals surface area contributed by atoms with Crippen LogP contribution in [0.2, 0.25) is 0 Å². The largest absolute Gasteiger partial charge is 0.486 e. The molecule has 146 valence electrons. The summed E-state index contributed by atoms with van der Waals surface area (Å²) in [4.78, 5) is 21.0. The molecule has 2 aromatic heterocycles. The van der Waals surface area contributed by atoms with E-state index in [-0.39, 0.29) is 12.2 Å². The van der Waals surface area contributed by atoms with Gasteiger partial charge < -0.3 is 9.72 Å². The van der Waals surface area contributed by atoms with Crippen molar-refractivity contribution in [2.75, 3.05) is 0 Å². The number of aromatic amines is 1. The molecule has 0 aliphatic rings. The van der Waals surface area contributed by atoms with E-state index in [0.29, 0.717) is 22.5 Å². The van der Waals surface area contributed by atoms with Gasteiger partial charge in [-0.15, -0.1) is 0 Å². The molecule has 0 amide bonds. The van der Waals surface area contributed by atoms with Crippen LogP contribution < -0.4 is 10.3 Å². The van der Waals surface area contributed by atoms with E-state index in [4.69, 9.17) is 4.74 Å². The third-order valence-electron chi connectivity index (χ3n) is 4.87. The third-order valence-corrected chi connectivity index (χ3v) is 4.87. The zero-order valence-corrected chi connectivity index (χ0v) is 16.0. The van der Waals surface area contributed by atoms with Crippen molar-refractivity contribution in [3.8, 4) is 5.75 Å². The summed E-state index contributed by atoms with van der Waals surface area (Å²) in [5.74, 6) is 1.13. The standard InChI is InChI=1S/C24H18N4O2/c29-24-20-11-5-7-13-22(20)27-23(16-30-18-8-2-1-3-9-18)28(24)26-15-17-14-25-21-12-6-4-10-19(17)21/h1-15,25H,16H2/b26-15-. The van der Waals surface area contributed by atoms with Crippen molar-refractivity contribution < 1.29 is 4.74 Å². The number of fused-ring (bicyclic) bond motifs is 2. The van der Waals surface area contributed by atoms with Gasteiger partial charge in [0.25, 0.3) is 5.56 Å². The summed E-state index contributed by atoms with van der Waals surface area (Å²) in [6.45, 7) is 0.120. The van der Waals surface area contributed by atoms with Gasteiger partial charge in [-0.2, -0.15) is 9.78 Å². The molecule has 0 atom stereocenters. The van der Waals surface area contributed by atoms with Crippen LogP contribution in [-0.4, -0.2) is 20.9 Å². The minimum Gasteiger partial charge on any atom is -0.486 e. The van der Waals surface area contributed by atoms with Crippen molar-refractivity contribution in [1.29, 1.82) is 0 Å². The second-order valence-electron chi connectivity index (χ2n) is 6.80. The highest BCUT2D eigenvalue weighted by molar-refractivity contribution is 5.98. The first-order valence-corrected chi connectivity index (χ1v) is 9.58. The third kappa shape index (κ3) is 3.35. The maximum Gasteiger partial charge on any atom is 0.282 e. The first-order valence-electron chi connectivity index (χ1n) is 9.58. The van der Waals surface area contributed by atoms with Gasteiger partial charge in [-0.3, -0.25) is 4.79 Å². The number of rotatable bonds is 5. The molecule has 0 fully saturated rings. The first-order chi connectivity index (χ1) is 14.8. The van der Waals surface area contributed by atoms with E-state index in [2.05, 4.69) is 15.1 Å². The Kier molecular flexibility index (Phi) is 4.57. The minimum absolute atomic E-state index is 0.120. The summed E-state index contributed by atoms with van der Waals surface area (Å²) >= 11 is 0. The molecule has 2 heterocycles. The number of para-hydroxylation sites is 3. The molecule has 0 spiro atoms. The lowest BCUT2D eigenvalue weighted by molar-refractivity contribution is 0.289. The van der Waals surface area contributed by atoms with Crippen molar-refractivity contribution in [3.05, 3.63) is 107 Å². The number of ether oxygens (including phenoxy) is 1. The fraction of sp³-hybridized carbons (Fsp3) is 0.0417. The summed E-state index contributed by atoms with van der Waals surface area (Å²) < 4.78 is 7.15. The lowest BCUT2D eigenvalue weighted by atomic mass is 10.2. The molecule has 0 unspecified atom stereocenters.